The van der Waals surface area contributed by atoms with Gasteiger partial charge in [0.25, 0.3) is 5.91 Å². The first-order chi connectivity index (χ1) is 20.1. The summed E-state index contributed by atoms with van der Waals surface area (Å²) in [5, 5.41) is 17.4. The minimum atomic E-state index is -1.61. The Kier molecular flexibility index (Phi) is 7.26. The molecule has 222 valence electrons. The molecule has 1 aromatic heterocycles. The number of aliphatic hydroxyl groups excluding tert-OH is 1. The van der Waals surface area contributed by atoms with Gasteiger partial charge < -0.3 is 19.5 Å². The van der Waals surface area contributed by atoms with Crippen molar-refractivity contribution in [3.63, 3.8) is 0 Å². The molecule has 0 saturated carbocycles. The molecule has 4 atom stereocenters. The number of hydrogen-bond donors (Lipinski definition) is 1. The molecule has 11 heteroatoms. The predicted octanol–water partition coefficient (Wildman–Crippen LogP) is 4.00. The third-order valence-corrected chi connectivity index (χ3v) is 8.79. The zero-order valence-corrected chi connectivity index (χ0v) is 24.1. The molecule has 6 rings (SSSR count). The first-order valence-electron chi connectivity index (χ1n) is 14.4. The van der Waals surface area contributed by atoms with Crippen molar-refractivity contribution in [3.8, 4) is 0 Å². The van der Waals surface area contributed by atoms with E-state index in [0.717, 1.165) is 16.8 Å². The number of benzene rings is 2. The summed E-state index contributed by atoms with van der Waals surface area (Å²) in [7, 11) is 0. The van der Waals surface area contributed by atoms with Crippen LogP contribution in [0, 0.1) is 11.8 Å². The number of carbonyl (C=O) groups excluding carboxylic acids is 2. The molecule has 2 saturated heterocycles. The fraction of sp³-hybridized carbons (Fsp3) is 0.484. The molecule has 2 amide bonds. The lowest BCUT2D eigenvalue weighted by atomic mass is 9.71. The molecule has 3 aromatic rings. The van der Waals surface area contributed by atoms with Crippen molar-refractivity contribution in [1.82, 2.24) is 15.0 Å². The van der Waals surface area contributed by atoms with Crippen LogP contribution < -0.4 is 9.80 Å². The smallest absolute Gasteiger partial charge is 0.414 e. The summed E-state index contributed by atoms with van der Waals surface area (Å²) in [5.41, 5.74) is 0.769. The number of aliphatic hydroxyl groups is 1. The van der Waals surface area contributed by atoms with Crippen LogP contribution in [0.3, 0.4) is 0 Å². The molecule has 42 heavy (non-hydrogen) atoms. The summed E-state index contributed by atoms with van der Waals surface area (Å²) in [6, 6.07) is 15.1. The summed E-state index contributed by atoms with van der Waals surface area (Å²) < 4.78 is 29.5. The van der Waals surface area contributed by atoms with E-state index in [4.69, 9.17) is 9.47 Å². The number of anilines is 2. The fourth-order valence-electron chi connectivity index (χ4n) is 7.00. The van der Waals surface area contributed by atoms with Crippen LogP contribution in [-0.2, 0) is 39.4 Å². The van der Waals surface area contributed by atoms with E-state index >= 15 is 4.39 Å². The SMILES string of the molecule is C[C@@H]1[C@@H](C(C)(C)F)[C@H](CCn2cc(CCO)nn2)O[C@@]12C(=O)N(Cc1cccc(N3CCOC3=O)c1)c1ccccc12. The third-order valence-electron chi connectivity index (χ3n) is 8.79. The van der Waals surface area contributed by atoms with Crippen LogP contribution in [0.2, 0.25) is 0 Å². The molecule has 2 aromatic carbocycles. The number of nitrogens with zero attached hydrogens (tertiary/aromatic N) is 5. The molecule has 3 aliphatic heterocycles. The molecule has 4 heterocycles. The van der Waals surface area contributed by atoms with Crippen molar-refractivity contribution in [3.05, 3.63) is 71.5 Å². The Morgan fingerprint density at radius 2 is 1.98 bits per heavy atom. The van der Waals surface area contributed by atoms with E-state index in [1.807, 2.05) is 55.5 Å². The number of halogens is 1. The Morgan fingerprint density at radius 1 is 1.17 bits per heavy atom. The Hall–Kier alpha value is -3.83. The number of alkyl halides is 1. The molecule has 0 unspecified atom stereocenters. The predicted molar refractivity (Wildman–Crippen MR) is 153 cm³/mol. The highest BCUT2D eigenvalue weighted by Gasteiger charge is 2.66. The molecule has 1 N–H and O–H groups in total. The first-order valence-corrected chi connectivity index (χ1v) is 14.4. The molecule has 1 spiro atoms. The van der Waals surface area contributed by atoms with Crippen LogP contribution in [0.25, 0.3) is 0 Å². The van der Waals surface area contributed by atoms with Crippen molar-refractivity contribution >= 4 is 23.4 Å². The van der Waals surface area contributed by atoms with E-state index < -0.39 is 29.2 Å². The maximum Gasteiger partial charge on any atom is 0.414 e. The molecule has 3 aliphatic rings. The molecule has 0 bridgehead atoms. The number of carbonyl (C=O) groups is 2. The van der Waals surface area contributed by atoms with Gasteiger partial charge in [-0.15, -0.1) is 5.10 Å². The van der Waals surface area contributed by atoms with Crippen molar-refractivity contribution < 1.29 is 28.6 Å². The molecule has 10 nitrogen and oxygen atoms in total. The second-order valence-corrected chi connectivity index (χ2v) is 11.9. The quantitative estimate of drug-likeness (QED) is 0.409. The molecular formula is C31H36FN5O5. The number of cyclic esters (lactones) is 1. The zero-order chi connectivity index (χ0) is 29.6. The van der Waals surface area contributed by atoms with Gasteiger partial charge in [-0.3, -0.25) is 14.4 Å². The van der Waals surface area contributed by atoms with Crippen molar-refractivity contribution in [2.45, 2.75) is 64.1 Å². The zero-order valence-electron chi connectivity index (χ0n) is 24.1. The number of hydrogen-bond acceptors (Lipinski definition) is 7. The standard InChI is InChI=1S/C31H36FN5O5/c1-20-27(30(2,3)32)26(11-13-35-19-22(12-15-38)33-34-35)42-31(20)24-9-4-5-10-25(24)37(28(31)39)18-21-7-6-8-23(17-21)36-14-16-41-29(36)40/h4-10,17,19-20,26-27,38H,11-16,18H2,1-3H3/t20-,26+,27-,31+/m1/s1. The number of aryl methyl sites for hydroxylation is 1. The van der Waals surface area contributed by atoms with E-state index in [2.05, 4.69) is 10.3 Å². The van der Waals surface area contributed by atoms with Crippen molar-refractivity contribution in [1.29, 1.82) is 0 Å². The Morgan fingerprint density at radius 3 is 2.71 bits per heavy atom. The number of aromatic nitrogens is 3. The lowest BCUT2D eigenvalue weighted by Gasteiger charge is -2.32. The van der Waals surface area contributed by atoms with Gasteiger partial charge in [-0.2, -0.15) is 0 Å². The number of amides is 2. The molecular weight excluding hydrogens is 541 g/mol. The number of para-hydroxylation sites is 1. The van der Waals surface area contributed by atoms with E-state index in [9.17, 15) is 14.7 Å². The molecule has 2 fully saturated rings. The average molecular weight is 578 g/mol. The highest BCUT2D eigenvalue weighted by Crippen LogP contribution is 2.58. The van der Waals surface area contributed by atoms with Crippen LogP contribution in [-0.4, -0.2) is 63.6 Å². The highest BCUT2D eigenvalue weighted by molar-refractivity contribution is 6.07. The lowest BCUT2D eigenvalue weighted by Crippen LogP contribution is -2.45. The minimum Gasteiger partial charge on any atom is -0.447 e. The Balaban J connectivity index is 1.30. The maximum absolute atomic E-state index is 15.9. The molecule has 0 aliphatic carbocycles. The van der Waals surface area contributed by atoms with Crippen molar-refractivity contribution in [2.75, 3.05) is 29.6 Å². The second kappa shape index (κ2) is 10.8. The van der Waals surface area contributed by atoms with Gasteiger partial charge in [-0.25, -0.2) is 9.18 Å². The van der Waals surface area contributed by atoms with E-state index in [-0.39, 0.29) is 25.2 Å². The van der Waals surface area contributed by atoms with Gasteiger partial charge in [0, 0.05) is 48.9 Å². The number of ether oxygens (including phenoxy) is 2. The van der Waals surface area contributed by atoms with Crippen LogP contribution in [0.15, 0.2) is 54.7 Å². The summed E-state index contributed by atoms with van der Waals surface area (Å²) >= 11 is 0. The van der Waals surface area contributed by atoms with Gasteiger partial charge in [0.15, 0.2) is 5.60 Å². The average Bonchev–Trinajstić information content (AvgIpc) is 3.71. The largest absolute Gasteiger partial charge is 0.447 e. The van der Waals surface area contributed by atoms with Gasteiger partial charge in [0.2, 0.25) is 0 Å². The van der Waals surface area contributed by atoms with Crippen LogP contribution in [0.1, 0.15) is 44.0 Å². The van der Waals surface area contributed by atoms with Crippen LogP contribution in [0.4, 0.5) is 20.6 Å². The number of fused-ring (bicyclic) bond motifs is 2. The van der Waals surface area contributed by atoms with E-state index in [0.29, 0.717) is 43.9 Å². The van der Waals surface area contributed by atoms with Crippen LogP contribution in [0.5, 0.6) is 0 Å². The fourth-order valence-corrected chi connectivity index (χ4v) is 7.00. The highest BCUT2D eigenvalue weighted by atomic mass is 19.1. The minimum absolute atomic E-state index is 0.0182. The maximum atomic E-state index is 15.9. The van der Waals surface area contributed by atoms with Gasteiger partial charge in [0.05, 0.1) is 30.6 Å². The van der Waals surface area contributed by atoms with Crippen LogP contribution >= 0.6 is 0 Å². The first kappa shape index (κ1) is 28.3. The van der Waals surface area contributed by atoms with Gasteiger partial charge >= 0.3 is 6.09 Å². The summed E-state index contributed by atoms with van der Waals surface area (Å²) in [4.78, 5) is 29.9. The lowest BCUT2D eigenvalue weighted by molar-refractivity contribution is -0.146. The summed E-state index contributed by atoms with van der Waals surface area (Å²) in [6.45, 7) is 6.52. The van der Waals surface area contributed by atoms with Gasteiger partial charge in [-0.1, -0.05) is 42.5 Å². The van der Waals surface area contributed by atoms with E-state index in [1.165, 1.54) is 0 Å². The second-order valence-electron chi connectivity index (χ2n) is 11.9. The topological polar surface area (TPSA) is 110 Å². The normalized spacial score (nSPS) is 25.5. The number of rotatable bonds is 9. The van der Waals surface area contributed by atoms with Gasteiger partial charge in [-0.05, 0) is 44.0 Å². The van der Waals surface area contributed by atoms with Crippen molar-refractivity contribution in [2.24, 2.45) is 11.8 Å². The summed E-state index contributed by atoms with van der Waals surface area (Å²) in [5.74, 6) is -1.23. The Labute approximate surface area is 244 Å². The summed E-state index contributed by atoms with van der Waals surface area (Å²) in [6.07, 6.45) is 1.69. The monoisotopic (exact) mass is 577 g/mol. The third kappa shape index (κ3) is 4.74. The van der Waals surface area contributed by atoms with Gasteiger partial charge in [0.1, 0.15) is 12.3 Å². The Bertz CT molecular complexity index is 1490. The molecule has 0 radical (unpaired) electrons. The van der Waals surface area contributed by atoms with E-state index in [1.54, 1.807) is 34.5 Å².